The molecule has 0 bridgehead atoms. The number of hydrogen-bond acceptors (Lipinski definition) is 3. The Kier molecular flexibility index (Phi) is 3.87. The molecule has 0 spiro atoms. The number of amides is 1. The van der Waals surface area contributed by atoms with Gasteiger partial charge in [0, 0.05) is 5.69 Å². The summed E-state index contributed by atoms with van der Waals surface area (Å²) in [5, 5.41) is 11.4. The monoisotopic (exact) mass is 289 g/mol. The smallest absolute Gasteiger partial charge is 0.258 e. The molecule has 0 atom stereocenters. The largest absolute Gasteiger partial charge is 0.399 e. The number of nitrogens with one attached hydrogen (secondary N) is 1. The topological polar surface area (TPSA) is 78.9 Å². The quantitative estimate of drug-likeness (QED) is 0.833. The fraction of sp³-hybridized carbons (Fsp3) is 0. The van der Waals surface area contributed by atoms with Crippen molar-refractivity contribution in [2.75, 3.05) is 11.1 Å². The summed E-state index contributed by atoms with van der Waals surface area (Å²) < 4.78 is 13.6. The second kappa shape index (κ2) is 5.59. The lowest BCUT2D eigenvalue weighted by Gasteiger charge is -2.08. The number of nitrogen functional groups attached to an aromatic ring is 1. The molecule has 100 valence electrons. The summed E-state index contributed by atoms with van der Waals surface area (Å²) in [6.07, 6.45) is 0. The minimum Gasteiger partial charge on any atom is -0.399 e. The summed E-state index contributed by atoms with van der Waals surface area (Å²) in [6, 6.07) is 10.1. The Balaban J connectivity index is 2.26. The second-order valence-corrected chi connectivity index (χ2v) is 4.41. The van der Waals surface area contributed by atoms with E-state index < -0.39 is 11.7 Å². The molecule has 0 radical (unpaired) electrons. The molecule has 3 N–H and O–H groups in total. The molecule has 0 aliphatic heterocycles. The Labute approximate surface area is 119 Å². The van der Waals surface area contributed by atoms with Crippen LogP contribution in [0, 0.1) is 17.1 Å². The van der Waals surface area contributed by atoms with Crippen LogP contribution in [0.2, 0.25) is 5.02 Å². The molecule has 1 amide bonds. The van der Waals surface area contributed by atoms with Crippen molar-refractivity contribution in [1.29, 1.82) is 5.26 Å². The van der Waals surface area contributed by atoms with Crippen LogP contribution in [0.1, 0.15) is 15.9 Å². The van der Waals surface area contributed by atoms with Crippen molar-refractivity contribution in [1.82, 2.24) is 0 Å². The first-order chi connectivity index (χ1) is 9.51. The van der Waals surface area contributed by atoms with Crippen LogP contribution < -0.4 is 11.1 Å². The highest BCUT2D eigenvalue weighted by molar-refractivity contribution is 6.34. The van der Waals surface area contributed by atoms with Gasteiger partial charge in [0.2, 0.25) is 0 Å². The van der Waals surface area contributed by atoms with E-state index in [9.17, 15) is 9.18 Å². The van der Waals surface area contributed by atoms with Gasteiger partial charge < -0.3 is 11.1 Å². The van der Waals surface area contributed by atoms with Gasteiger partial charge in [-0.15, -0.1) is 0 Å². The van der Waals surface area contributed by atoms with Crippen molar-refractivity contribution >= 4 is 28.9 Å². The van der Waals surface area contributed by atoms with E-state index >= 15 is 0 Å². The highest BCUT2D eigenvalue weighted by Gasteiger charge is 2.13. The predicted molar refractivity (Wildman–Crippen MR) is 74.9 cm³/mol. The number of nitrogens with two attached hydrogens (primary N) is 1. The molecule has 6 heteroatoms. The molecule has 0 saturated heterocycles. The number of carbonyl (C=O) groups is 1. The summed E-state index contributed by atoms with van der Waals surface area (Å²) in [5.74, 6) is -1.36. The molecule has 0 saturated carbocycles. The fourth-order valence-electron chi connectivity index (χ4n) is 1.59. The first kappa shape index (κ1) is 13.8. The van der Waals surface area contributed by atoms with Crippen LogP contribution in [-0.2, 0) is 0 Å². The van der Waals surface area contributed by atoms with E-state index in [1.54, 1.807) is 0 Å². The van der Waals surface area contributed by atoms with Crippen LogP contribution in [-0.4, -0.2) is 5.91 Å². The van der Waals surface area contributed by atoms with Crippen molar-refractivity contribution in [3.8, 4) is 6.07 Å². The molecule has 2 aromatic carbocycles. The Morgan fingerprint density at radius 1 is 1.30 bits per heavy atom. The molecular weight excluding hydrogens is 281 g/mol. The molecule has 0 aromatic heterocycles. The number of benzene rings is 2. The van der Waals surface area contributed by atoms with E-state index in [0.717, 1.165) is 6.07 Å². The van der Waals surface area contributed by atoms with E-state index in [2.05, 4.69) is 5.32 Å². The third-order valence-electron chi connectivity index (χ3n) is 2.58. The summed E-state index contributed by atoms with van der Waals surface area (Å²) in [5.41, 5.74) is 6.17. The number of nitriles is 1. The molecule has 0 unspecified atom stereocenters. The van der Waals surface area contributed by atoms with Gasteiger partial charge in [0.05, 0.1) is 27.9 Å². The number of halogens is 2. The lowest BCUT2D eigenvalue weighted by Crippen LogP contribution is -2.14. The molecule has 0 heterocycles. The molecule has 4 nitrogen and oxygen atoms in total. The van der Waals surface area contributed by atoms with Crippen LogP contribution >= 0.6 is 11.6 Å². The van der Waals surface area contributed by atoms with Crippen molar-refractivity contribution in [2.24, 2.45) is 0 Å². The number of hydrogen-bond donors (Lipinski definition) is 2. The first-order valence-corrected chi connectivity index (χ1v) is 5.95. The van der Waals surface area contributed by atoms with Crippen LogP contribution in [0.4, 0.5) is 15.8 Å². The second-order valence-electron chi connectivity index (χ2n) is 4.00. The molecule has 0 aliphatic rings. The molecular formula is C14H9ClFN3O. The Hall–Kier alpha value is -2.58. The first-order valence-electron chi connectivity index (χ1n) is 5.57. The minimum atomic E-state index is -0.715. The van der Waals surface area contributed by atoms with Gasteiger partial charge in [-0.25, -0.2) is 4.39 Å². The Morgan fingerprint density at radius 2 is 2.05 bits per heavy atom. The third kappa shape index (κ3) is 2.87. The van der Waals surface area contributed by atoms with Crippen LogP contribution in [0.25, 0.3) is 0 Å². The van der Waals surface area contributed by atoms with E-state index in [0.29, 0.717) is 11.3 Å². The normalized spacial score (nSPS) is 9.85. The van der Waals surface area contributed by atoms with Crippen LogP contribution in [0.15, 0.2) is 36.4 Å². The third-order valence-corrected chi connectivity index (χ3v) is 2.90. The minimum absolute atomic E-state index is 0.139. The molecule has 2 aromatic rings. The molecule has 2 rings (SSSR count). The lowest BCUT2D eigenvalue weighted by molar-refractivity contribution is 0.102. The standard InChI is InChI=1S/C14H9ClFN3O/c15-11-5-8(7-17)1-4-13(11)19-14(20)10-3-2-9(18)6-12(10)16/h1-6H,18H2,(H,19,20). The maximum Gasteiger partial charge on any atom is 0.258 e. The molecule has 0 fully saturated rings. The fourth-order valence-corrected chi connectivity index (χ4v) is 1.82. The van der Waals surface area contributed by atoms with Crippen molar-refractivity contribution < 1.29 is 9.18 Å². The average Bonchev–Trinajstić information content (AvgIpc) is 2.40. The highest BCUT2D eigenvalue weighted by Crippen LogP contribution is 2.24. The Bertz CT molecular complexity index is 725. The zero-order valence-electron chi connectivity index (χ0n) is 10.2. The van der Waals surface area contributed by atoms with Crippen molar-refractivity contribution in [3.05, 3.63) is 58.4 Å². The Morgan fingerprint density at radius 3 is 2.65 bits per heavy atom. The van der Waals surface area contributed by atoms with Gasteiger partial charge in [0.25, 0.3) is 5.91 Å². The van der Waals surface area contributed by atoms with Gasteiger partial charge in [-0.1, -0.05) is 11.6 Å². The maximum absolute atomic E-state index is 13.6. The van der Waals surface area contributed by atoms with Gasteiger partial charge in [0.1, 0.15) is 5.82 Å². The molecule has 0 aliphatic carbocycles. The van der Waals surface area contributed by atoms with Gasteiger partial charge in [-0.3, -0.25) is 4.79 Å². The lowest BCUT2D eigenvalue weighted by atomic mass is 10.1. The van der Waals surface area contributed by atoms with Crippen molar-refractivity contribution in [2.45, 2.75) is 0 Å². The summed E-state index contributed by atoms with van der Waals surface area (Å²) in [7, 11) is 0. The number of carbonyl (C=O) groups excluding carboxylic acids is 1. The number of anilines is 2. The summed E-state index contributed by atoms with van der Waals surface area (Å²) >= 11 is 5.93. The van der Waals surface area contributed by atoms with E-state index in [1.165, 1.54) is 30.3 Å². The predicted octanol–water partition coefficient (Wildman–Crippen LogP) is 3.19. The summed E-state index contributed by atoms with van der Waals surface area (Å²) in [6.45, 7) is 0. The highest BCUT2D eigenvalue weighted by atomic mass is 35.5. The van der Waals surface area contributed by atoms with E-state index in [1.807, 2.05) is 6.07 Å². The SMILES string of the molecule is N#Cc1ccc(NC(=O)c2ccc(N)cc2F)c(Cl)c1. The van der Waals surface area contributed by atoms with Gasteiger partial charge in [-0.05, 0) is 36.4 Å². The van der Waals surface area contributed by atoms with Gasteiger partial charge >= 0.3 is 0 Å². The average molecular weight is 290 g/mol. The zero-order chi connectivity index (χ0) is 14.7. The molecule has 20 heavy (non-hydrogen) atoms. The van der Waals surface area contributed by atoms with E-state index in [-0.39, 0.29) is 16.3 Å². The number of nitrogens with zero attached hydrogens (tertiary/aromatic N) is 1. The summed E-state index contributed by atoms with van der Waals surface area (Å²) in [4.78, 5) is 11.9. The van der Waals surface area contributed by atoms with Gasteiger partial charge in [0.15, 0.2) is 0 Å². The van der Waals surface area contributed by atoms with E-state index in [4.69, 9.17) is 22.6 Å². The zero-order valence-corrected chi connectivity index (χ0v) is 10.9. The van der Waals surface area contributed by atoms with Crippen LogP contribution in [0.3, 0.4) is 0 Å². The van der Waals surface area contributed by atoms with Crippen molar-refractivity contribution in [3.63, 3.8) is 0 Å². The maximum atomic E-state index is 13.6. The van der Waals surface area contributed by atoms with Gasteiger partial charge in [-0.2, -0.15) is 5.26 Å². The van der Waals surface area contributed by atoms with Crippen LogP contribution in [0.5, 0.6) is 0 Å². The number of rotatable bonds is 2.